The van der Waals surface area contributed by atoms with Crippen LogP contribution in [0.2, 0.25) is 0 Å². The molecule has 0 unspecified atom stereocenters. The lowest BCUT2D eigenvalue weighted by Gasteiger charge is -2.44. The zero-order valence-electron chi connectivity index (χ0n) is 59.9. The van der Waals surface area contributed by atoms with Crippen molar-refractivity contribution in [1.29, 1.82) is 0 Å². The first-order valence-corrected chi connectivity index (χ1v) is 36.6. The van der Waals surface area contributed by atoms with Crippen LogP contribution in [0.25, 0.3) is 0 Å². The molecule has 474 valence electrons. The highest BCUT2D eigenvalue weighted by Gasteiger charge is 2.40. The van der Waals surface area contributed by atoms with E-state index in [4.69, 9.17) is 0 Å². The minimum Gasteiger partial charge on any atom is -0.309 e. The summed E-state index contributed by atoms with van der Waals surface area (Å²) in [4.78, 5) is 0. The molecular formula is C78H157N. The maximum absolute atomic E-state index is 3.81. The van der Waals surface area contributed by atoms with Crippen LogP contribution in [-0.2, 0) is 0 Å². The van der Waals surface area contributed by atoms with Crippen molar-refractivity contribution in [2.75, 3.05) is 0 Å². The van der Waals surface area contributed by atoms with Crippen LogP contribution in [0.3, 0.4) is 0 Å². The van der Waals surface area contributed by atoms with Crippen molar-refractivity contribution < 1.29 is 0 Å². The standard InChI is InChI=1S/C14H28.C13H27N.3C13H26.C12H24/c1-12(2)10-14(11-13(3)4)8-6-5-7-9-14;1-11(2)7-10-13(14-12(3)4)8-5-6-9-13;2*1-11(2)7-10-13(12(3)4)8-5-6-9-13;1-11(2)9-13(10-12(3)4)7-5-6-8-13;1-10(2)8-12(6-5-7-12)9-11(3)4/h12-13H,5-11H2,1-4H3;11-12,14H,5-10H2,1-4H3;3*11-12H,5-10H2,1-4H3;10-11H,5-9H2,1-4H3. The average Bonchev–Trinajstić information content (AvgIpc) is 4.16. The number of hydrogen-bond donors (Lipinski definition) is 1. The van der Waals surface area contributed by atoms with Crippen molar-refractivity contribution in [3.63, 3.8) is 0 Å². The molecule has 0 amide bonds. The molecule has 0 heterocycles. The second-order valence-electron chi connectivity index (χ2n) is 34.7. The fourth-order valence-electron chi connectivity index (χ4n) is 18.0. The molecule has 0 aromatic carbocycles. The van der Waals surface area contributed by atoms with E-state index >= 15 is 0 Å². The Morgan fingerprint density at radius 1 is 0.241 bits per heavy atom. The Labute approximate surface area is 503 Å². The van der Waals surface area contributed by atoms with Crippen LogP contribution in [0.15, 0.2) is 0 Å². The molecule has 79 heavy (non-hydrogen) atoms. The van der Waals surface area contributed by atoms with Crippen molar-refractivity contribution in [3.05, 3.63) is 0 Å². The lowest BCUT2D eigenvalue weighted by Crippen LogP contribution is -2.46. The summed E-state index contributed by atoms with van der Waals surface area (Å²) in [6, 6.07) is 0.639. The minimum atomic E-state index is 0.498. The molecule has 0 radical (unpaired) electrons. The normalized spacial score (nSPS) is 21.6. The fraction of sp³-hybridized carbons (Fsp3) is 1.00. The Morgan fingerprint density at radius 3 is 0.684 bits per heavy atom. The third-order valence-electron chi connectivity index (χ3n) is 21.5. The van der Waals surface area contributed by atoms with Crippen molar-refractivity contribution >= 4 is 0 Å². The number of nitrogens with one attached hydrogen (secondary N) is 1. The van der Waals surface area contributed by atoms with Gasteiger partial charge in [-0.15, -0.1) is 0 Å². The predicted octanol–water partition coefficient (Wildman–Crippen LogP) is 26.9. The van der Waals surface area contributed by atoms with E-state index in [-0.39, 0.29) is 0 Å². The summed E-state index contributed by atoms with van der Waals surface area (Å²) < 4.78 is 0. The van der Waals surface area contributed by atoms with Gasteiger partial charge in [0, 0.05) is 11.6 Å². The van der Waals surface area contributed by atoms with Gasteiger partial charge in [0.2, 0.25) is 0 Å². The molecule has 1 nitrogen and oxygen atoms in total. The Balaban J connectivity index is 0.000000474. The summed E-state index contributed by atoms with van der Waals surface area (Å²) in [6.45, 7) is 56.8. The van der Waals surface area contributed by atoms with Crippen LogP contribution in [0, 0.1) is 92.2 Å². The van der Waals surface area contributed by atoms with Gasteiger partial charge in [-0.25, -0.2) is 0 Å². The fourth-order valence-corrected chi connectivity index (χ4v) is 18.0. The van der Waals surface area contributed by atoms with Crippen LogP contribution >= 0.6 is 0 Å². The van der Waals surface area contributed by atoms with E-state index in [2.05, 4.69) is 171 Å². The molecule has 0 atom stereocenters. The summed E-state index contributed by atoms with van der Waals surface area (Å²) >= 11 is 0. The molecule has 0 spiro atoms. The van der Waals surface area contributed by atoms with Gasteiger partial charge in [0.1, 0.15) is 0 Å². The lowest BCUT2D eigenvalue weighted by atomic mass is 9.61. The third kappa shape index (κ3) is 31.8. The minimum absolute atomic E-state index is 0.498. The predicted molar refractivity (Wildman–Crippen MR) is 363 cm³/mol. The second-order valence-corrected chi connectivity index (χ2v) is 34.7. The summed E-state index contributed by atoms with van der Waals surface area (Å²) in [5.74, 6) is 9.73. The van der Waals surface area contributed by atoms with Crippen LogP contribution in [0.5, 0.6) is 0 Å². The van der Waals surface area contributed by atoms with E-state index < -0.39 is 0 Å². The molecule has 6 rings (SSSR count). The highest BCUT2D eigenvalue weighted by Crippen LogP contribution is 2.52. The van der Waals surface area contributed by atoms with Crippen molar-refractivity contribution in [1.82, 2.24) is 5.32 Å². The van der Waals surface area contributed by atoms with E-state index in [0.717, 1.165) is 92.2 Å². The molecule has 0 bridgehead atoms. The maximum Gasteiger partial charge on any atom is 0.0184 e. The highest BCUT2D eigenvalue weighted by atomic mass is 15.0. The van der Waals surface area contributed by atoms with Gasteiger partial charge in [-0.05, 0) is 233 Å². The zero-order chi connectivity index (χ0) is 60.1. The van der Waals surface area contributed by atoms with Gasteiger partial charge in [0.15, 0.2) is 0 Å². The summed E-state index contributed by atoms with van der Waals surface area (Å²) in [6.07, 6.45) is 52.8. The largest absolute Gasteiger partial charge is 0.309 e. The van der Waals surface area contributed by atoms with E-state index in [1.54, 1.807) is 0 Å². The first-order chi connectivity index (χ1) is 36.8. The molecule has 0 aliphatic heterocycles. The van der Waals surface area contributed by atoms with Crippen molar-refractivity contribution in [2.45, 2.75) is 409 Å². The third-order valence-corrected chi connectivity index (χ3v) is 21.5. The van der Waals surface area contributed by atoms with Crippen LogP contribution in [0.4, 0.5) is 0 Å². The first-order valence-electron chi connectivity index (χ1n) is 36.6. The molecule has 1 heteroatoms. The lowest BCUT2D eigenvalue weighted by molar-refractivity contribution is 0.0717. The summed E-state index contributed by atoms with van der Waals surface area (Å²) in [5, 5.41) is 3.81. The van der Waals surface area contributed by atoms with Gasteiger partial charge in [-0.3, -0.25) is 0 Å². The molecular weight excluding hydrogens is 951 g/mol. The first kappa shape index (κ1) is 77.0. The SMILES string of the molecule is CC(C)CC1(CC(C)C)CCC1.CC(C)CC1(CC(C)C)CCCC1.CC(C)CC1(CC(C)C)CCCCC1.CC(C)CCC1(C(C)C)CCCC1.CC(C)CCC1(C(C)C)CCCC1.CC(C)CCC1(NC(C)C)CCCC1. The van der Waals surface area contributed by atoms with Gasteiger partial charge in [-0.2, -0.15) is 0 Å². The van der Waals surface area contributed by atoms with E-state index in [9.17, 15) is 0 Å². The zero-order valence-corrected chi connectivity index (χ0v) is 59.9. The molecule has 6 aliphatic carbocycles. The van der Waals surface area contributed by atoms with Crippen molar-refractivity contribution in [3.8, 4) is 0 Å². The Bertz CT molecular complexity index is 1340. The maximum atomic E-state index is 3.81. The van der Waals surface area contributed by atoms with Crippen LogP contribution in [-0.4, -0.2) is 11.6 Å². The number of hydrogen-bond acceptors (Lipinski definition) is 1. The van der Waals surface area contributed by atoms with Gasteiger partial charge >= 0.3 is 0 Å². The van der Waals surface area contributed by atoms with Gasteiger partial charge < -0.3 is 5.32 Å². The molecule has 6 saturated carbocycles. The topological polar surface area (TPSA) is 12.0 Å². The number of rotatable bonds is 25. The van der Waals surface area contributed by atoms with Crippen molar-refractivity contribution in [2.24, 2.45) is 92.2 Å². The van der Waals surface area contributed by atoms with Gasteiger partial charge in [-0.1, -0.05) is 256 Å². The molecule has 0 aromatic heterocycles. The van der Waals surface area contributed by atoms with E-state index in [1.807, 2.05) is 0 Å². The molecule has 6 fully saturated rings. The summed E-state index contributed by atoms with van der Waals surface area (Å²) in [5.41, 5.74) is 4.18. The molecule has 6 aliphatic rings. The molecule has 0 saturated heterocycles. The highest BCUT2D eigenvalue weighted by molar-refractivity contribution is 4.94. The Kier molecular flexibility index (Phi) is 37.9. The van der Waals surface area contributed by atoms with Crippen LogP contribution < -0.4 is 5.32 Å². The van der Waals surface area contributed by atoms with Gasteiger partial charge in [0.05, 0.1) is 0 Å². The smallest absolute Gasteiger partial charge is 0.0184 e. The molecule has 0 aromatic rings. The van der Waals surface area contributed by atoms with Crippen LogP contribution in [0.1, 0.15) is 397 Å². The molecule has 1 N–H and O–H groups in total. The van der Waals surface area contributed by atoms with Gasteiger partial charge in [0.25, 0.3) is 0 Å². The monoisotopic (exact) mass is 1110 g/mol. The average molecular weight is 1110 g/mol. The Morgan fingerprint density at radius 2 is 0.468 bits per heavy atom. The summed E-state index contributed by atoms with van der Waals surface area (Å²) in [7, 11) is 0. The van der Waals surface area contributed by atoms with E-state index in [1.165, 1.54) is 231 Å². The second kappa shape index (κ2) is 38.9. The van der Waals surface area contributed by atoms with E-state index in [0.29, 0.717) is 11.6 Å². The Hall–Kier alpha value is -0.0400. The quantitative estimate of drug-likeness (QED) is 0.0961.